The van der Waals surface area contributed by atoms with Gasteiger partial charge in [-0.1, -0.05) is 13.3 Å². The van der Waals surface area contributed by atoms with E-state index in [4.69, 9.17) is 0 Å². The van der Waals surface area contributed by atoms with Crippen LogP contribution in [0.2, 0.25) is 0 Å². The molecule has 0 amide bonds. The minimum atomic E-state index is -1.12. The zero-order valence-electron chi connectivity index (χ0n) is 7.56. The van der Waals surface area contributed by atoms with Gasteiger partial charge in [0.25, 0.3) is 0 Å². The summed E-state index contributed by atoms with van der Waals surface area (Å²) >= 11 is 0. The lowest BCUT2D eigenvalue weighted by Crippen LogP contribution is -2.51. The van der Waals surface area contributed by atoms with Crippen molar-refractivity contribution in [1.29, 1.82) is 0 Å². The molecule has 1 fully saturated rings. The number of nitrogens with zero attached hydrogens (tertiary/aromatic N) is 1. The highest BCUT2D eigenvalue weighted by Gasteiger charge is 2.52. The van der Waals surface area contributed by atoms with Gasteiger partial charge < -0.3 is 0 Å². The normalized spacial score (nSPS) is 39.9. The van der Waals surface area contributed by atoms with Crippen LogP contribution in [0.3, 0.4) is 0 Å². The number of carbonyl (C=O) groups excluding carboxylic acids is 1. The molecule has 0 saturated heterocycles. The monoisotopic (exact) mass is 171 g/mol. The summed E-state index contributed by atoms with van der Waals surface area (Å²) < 4.78 is 13.2. The van der Waals surface area contributed by atoms with Crippen LogP contribution >= 0.6 is 0 Å². The molecular weight excluding hydrogens is 157 g/mol. The fourth-order valence-corrected chi connectivity index (χ4v) is 2.19. The van der Waals surface area contributed by atoms with Crippen molar-refractivity contribution < 1.29 is 9.18 Å². The van der Waals surface area contributed by atoms with Crippen molar-refractivity contribution in [2.45, 2.75) is 50.7 Å². The standard InChI is InChI=1S/C9H14FNO/c1-3-4-9(11-7-12)5-8(2,10)6-9/h3-6H2,1-2H3. The van der Waals surface area contributed by atoms with E-state index in [1.54, 1.807) is 13.0 Å². The number of rotatable bonds is 3. The van der Waals surface area contributed by atoms with Gasteiger partial charge in [0, 0.05) is 12.8 Å². The molecule has 1 aliphatic carbocycles. The van der Waals surface area contributed by atoms with E-state index < -0.39 is 11.2 Å². The highest BCUT2D eigenvalue weighted by Crippen LogP contribution is 2.49. The van der Waals surface area contributed by atoms with Crippen LogP contribution in [0.15, 0.2) is 4.99 Å². The van der Waals surface area contributed by atoms with E-state index in [-0.39, 0.29) is 0 Å². The first-order valence-electron chi connectivity index (χ1n) is 4.32. The van der Waals surface area contributed by atoms with Crippen molar-refractivity contribution in [2.75, 3.05) is 0 Å². The number of hydrogen-bond acceptors (Lipinski definition) is 2. The molecule has 0 atom stereocenters. The van der Waals surface area contributed by atoms with Gasteiger partial charge in [-0.2, -0.15) is 4.99 Å². The largest absolute Gasteiger partial charge is 0.244 e. The van der Waals surface area contributed by atoms with Crippen molar-refractivity contribution >= 4 is 6.08 Å². The molecule has 0 N–H and O–H groups in total. The molecule has 0 spiro atoms. The maximum Gasteiger partial charge on any atom is 0.235 e. The van der Waals surface area contributed by atoms with Crippen molar-refractivity contribution in [1.82, 2.24) is 0 Å². The van der Waals surface area contributed by atoms with Crippen LogP contribution in [0, 0.1) is 0 Å². The fraction of sp³-hybridized carbons (Fsp3) is 0.889. The Morgan fingerprint density at radius 3 is 2.50 bits per heavy atom. The lowest BCUT2D eigenvalue weighted by atomic mass is 9.65. The predicted molar refractivity (Wildman–Crippen MR) is 44.5 cm³/mol. The number of isocyanates is 1. The van der Waals surface area contributed by atoms with Crippen molar-refractivity contribution in [2.24, 2.45) is 4.99 Å². The first-order valence-corrected chi connectivity index (χ1v) is 4.32. The molecule has 0 aromatic heterocycles. The Hall–Kier alpha value is -0.690. The van der Waals surface area contributed by atoms with Crippen LogP contribution in [-0.2, 0) is 4.79 Å². The van der Waals surface area contributed by atoms with E-state index >= 15 is 0 Å². The summed E-state index contributed by atoms with van der Waals surface area (Å²) in [6.45, 7) is 3.57. The van der Waals surface area contributed by atoms with Gasteiger partial charge in [-0.3, -0.25) is 0 Å². The number of alkyl halides is 1. The molecule has 0 aromatic carbocycles. The third-order valence-electron chi connectivity index (χ3n) is 2.39. The molecule has 2 nitrogen and oxygen atoms in total. The Labute approximate surface area is 71.9 Å². The van der Waals surface area contributed by atoms with Crippen LogP contribution in [0.4, 0.5) is 4.39 Å². The van der Waals surface area contributed by atoms with Crippen LogP contribution in [0.25, 0.3) is 0 Å². The molecule has 0 aliphatic heterocycles. The molecule has 0 heterocycles. The Bertz CT molecular complexity index is 211. The SMILES string of the molecule is CCCC1(N=C=O)CC(C)(F)C1. The zero-order chi connectivity index (χ0) is 9.24. The van der Waals surface area contributed by atoms with Crippen molar-refractivity contribution in [3.63, 3.8) is 0 Å². The quantitative estimate of drug-likeness (QED) is 0.473. The third kappa shape index (κ3) is 1.72. The maximum absolute atomic E-state index is 13.2. The average Bonchev–Trinajstić information content (AvgIpc) is 1.83. The minimum Gasteiger partial charge on any atom is -0.244 e. The Morgan fingerprint density at radius 1 is 1.58 bits per heavy atom. The van der Waals surface area contributed by atoms with E-state index in [1.165, 1.54) is 0 Å². The maximum atomic E-state index is 13.2. The summed E-state index contributed by atoms with van der Waals surface area (Å²) in [5, 5.41) is 0. The second-order valence-corrected chi connectivity index (χ2v) is 3.94. The molecule has 68 valence electrons. The van der Waals surface area contributed by atoms with Gasteiger partial charge in [0.05, 0.1) is 5.54 Å². The molecule has 0 bridgehead atoms. The van der Waals surface area contributed by atoms with Gasteiger partial charge >= 0.3 is 0 Å². The van der Waals surface area contributed by atoms with E-state index in [1.807, 2.05) is 6.92 Å². The van der Waals surface area contributed by atoms with Crippen LogP contribution in [0.1, 0.15) is 39.5 Å². The Kier molecular flexibility index (Phi) is 2.34. The molecular formula is C9H14FNO. The van der Waals surface area contributed by atoms with E-state index in [2.05, 4.69) is 4.99 Å². The first kappa shape index (κ1) is 9.40. The summed E-state index contributed by atoms with van der Waals surface area (Å²) in [6, 6.07) is 0. The Balaban J connectivity index is 2.61. The summed E-state index contributed by atoms with van der Waals surface area (Å²) in [5.41, 5.74) is -1.53. The Morgan fingerprint density at radius 2 is 2.17 bits per heavy atom. The van der Waals surface area contributed by atoms with Gasteiger partial charge in [-0.05, 0) is 13.3 Å². The summed E-state index contributed by atoms with van der Waals surface area (Å²) in [6.07, 6.45) is 4.02. The van der Waals surface area contributed by atoms with Crippen molar-refractivity contribution in [3.05, 3.63) is 0 Å². The van der Waals surface area contributed by atoms with E-state index in [0.29, 0.717) is 12.8 Å². The van der Waals surface area contributed by atoms with Gasteiger partial charge in [0.15, 0.2) is 0 Å². The lowest BCUT2D eigenvalue weighted by Gasteiger charge is -2.46. The molecule has 0 aromatic rings. The summed E-state index contributed by atoms with van der Waals surface area (Å²) in [5.74, 6) is 0. The molecule has 3 heteroatoms. The topological polar surface area (TPSA) is 29.4 Å². The summed E-state index contributed by atoms with van der Waals surface area (Å²) in [7, 11) is 0. The molecule has 0 radical (unpaired) electrons. The van der Waals surface area contributed by atoms with Crippen LogP contribution in [-0.4, -0.2) is 17.3 Å². The number of hydrogen-bond donors (Lipinski definition) is 0. The fourth-order valence-electron chi connectivity index (χ4n) is 2.19. The summed E-state index contributed by atoms with van der Waals surface area (Å²) in [4.78, 5) is 13.8. The molecule has 1 saturated carbocycles. The highest BCUT2D eigenvalue weighted by molar-refractivity contribution is 5.36. The van der Waals surface area contributed by atoms with E-state index in [0.717, 1.165) is 12.8 Å². The predicted octanol–water partition coefficient (Wildman–Crippen LogP) is 2.38. The lowest BCUT2D eigenvalue weighted by molar-refractivity contribution is 0.000739. The smallest absolute Gasteiger partial charge is 0.235 e. The van der Waals surface area contributed by atoms with Gasteiger partial charge in [-0.15, -0.1) is 0 Å². The number of halogens is 1. The van der Waals surface area contributed by atoms with Gasteiger partial charge in [-0.25, -0.2) is 9.18 Å². The molecule has 0 unspecified atom stereocenters. The van der Waals surface area contributed by atoms with Crippen molar-refractivity contribution in [3.8, 4) is 0 Å². The molecule has 1 rings (SSSR count). The second-order valence-electron chi connectivity index (χ2n) is 3.94. The zero-order valence-corrected chi connectivity index (χ0v) is 7.56. The number of aliphatic imine (C=N–C) groups is 1. The van der Waals surface area contributed by atoms with Crippen LogP contribution in [0.5, 0.6) is 0 Å². The van der Waals surface area contributed by atoms with Crippen LogP contribution < -0.4 is 0 Å². The first-order chi connectivity index (χ1) is 5.54. The van der Waals surface area contributed by atoms with Gasteiger partial charge in [0.1, 0.15) is 5.67 Å². The second kappa shape index (κ2) is 2.98. The molecule has 1 aliphatic rings. The average molecular weight is 171 g/mol. The molecule has 12 heavy (non-hydrogen) atoms. The third-order valence-corrected chi connectivity index (χ3v) is 2.39. The van der Waals surface area contributed by atoms with Gasteiger partial charge in [0.2, 0.25) is 6.08 Å². The van der Waals surface area contributed by atoms with E-state index in [9.17, 15) is 9.18 Å². The highest BCUT2D eigenvalue weighted by atomic mass is 19.1. The minimum absolute atomic E-state index is 0.378.